The van der Waals surface area contributed by atoms with E-state index < -0.39 is 0 Å². The van der Waals surface area contributed by atoms with Gasteiger partial charge in [-0.25, -0.2) is 4.79 Å². The minimum absolute atomic E-state index is 0.349. The Balaban J connectivity index is 1.47. The van der Waals surface area contributed by atoms with Crippen molar-refractivity contribution in [1.82, 2.24) is 4.90 Å². The Hall–Kier alpha value is -2.50. The Morgan fingerprint density at radius 1 is 1.07 bits per heavy atom. The van der Waals surface area contributed by atoms with Crippen molar-refractivity contribution in [2.45, 2.75) is 20.4 Å². The number of anilines is 2. The predicted octanol–water partition coefficient (Wildman–Crippen LogP) is 4.51. The van der Waals surface area contributed by atoms with Gasteiger partial charge in [-0.3, -0.25) is 0 Å². The number of hydrogen-bond acceptors (Lipinski definition) is 5. The molecule has 1 N–H and O–H groups in total. The van der Waals surface area contributed by atoms with E-state index in [0.717, 1.165) is 54.9 Å². The number of rotatable bonds is 5. The highest BCUT2D eigenvalue weighted by Gasteiger charge is 2.15. The molecule has 0 bridgehead atoms. The molecule has 3 aromatic rings. The predicted molar refractivity (Wildman–Crippen MR) is 120 cm³/mol. The molecule has 1 fully saturated rings. The van der Waals surface area contributed by atoms with E-state index in [1.54, 1.807) is 0 Å². The number of benzene rings is 2. The molecule has 4 rings (SSSR count). The second-order valence-electron chi connectivity index (χ2n) is 7.51. The van der Waals surface area contributed by atoms with Crippen LogP contribution in [0.1, 0.15) is 18.1 Å². The molecule has 0 unspecified atom stereocenters. The normalized spacial score (nSPS) is 15.1. The summed E-state index contributed by atoms with van der Waals surface area (Å²) in [7, 11) is 0. The first kappa shape index (κ1) is 19.8. The van der Waals surface area contributed by atoms with Crippen molar-refractivity contribution in [3.05, 3.63) is 69.0 Å². The number of aryl methyl sites for hydroxylation is 1. The van der Waals surface area contributed by atoms with Crippen LogP contribution in [0, 0.1) is 6.92 Å². The van der Waals surface area contributed by atoms with Gasteiger partial charge in [0.15, 0.2) is 0 Å². The Morgan fingerprint density at radius 2 is 1.79 bits per heavy atom. The average molecular weight is 412 g/mol. The first-order chi connectivity index (χ1) is 14.0. The smallest absolute Gasteiger partial charge is 0.336 e. The number of piperazine rings is 1. The number of nitrogens with zero attached hydrogens (tertiary/aromatic N) is 2. The van der Waals surface area contributed by atoms with E-state index in [2.05, 4.69) is 46.3 Å². The molecule has 29 heavy (non-hydrogen) atoms. The van der Waals surface area contributed by atoms with Crippen molar-refractivity contribution in [3.8, 4) is 0 Å². The van der Waals surface area contributed by atoms with Gasteiger partial charge in [-0.15, -0.1) is 0 Å². The Labute approximate surface area is 175 Å². The van der Waals surface area contributed by atoms with Crippen molar-refractivity contribution in [1.29, 1.82) is 0 Å². The summed E-state index contributed by atoms with van der Waals surface area (Å²) in [5, 5.41) is 4.94. The zero-order valence-corrected chi connectivity index (χ0v) is 17.6. The maximum absolute atomic E-state index is 11.9. The van der Waals surface area contributed by atoms with Crippen LogP contribution in [0.25, 0.3) is 11.0 Å². The summed E-state index contributed by atoms with van der Waals surface area (Å²) in [6.07, 6.45) is 0. The first-order valence-electron chi connectivity index (χ1n) is 10.1. The van der Waals surface area contributed by atoms with E-state index in [1.807, 2.05) is 19.1 Å². The molecule has 0 radical (unpaired) electrons. The summed E-state index contributed by atoms with van der Waals surface area (Å²) in [4.78, 5) is 16.8. The highest BCUT2D eigenvalue weighted by Crippen LogP contribution is 2.26. The molecule has 1 aliphatic rings. The summed E-state index contributed by atoms with van der Waals surface area (Å²) < 4.78 is 5.34. The van der Waals surface area contributed by atoms with Crippen molar-refractivity contribution >= 4 is 33.9 Å². The molecule has 2 heterocycles. The van der Waals surface area contributed by atoms with Gasteiger partial charge in [-0.05, 0) is 61.0 Å². The van der Waals surface area contributed by atoms with Crippen LogP contribution in [0.2, 0.25) is 5.02 Å². The SMILES string of the molecule is CCN1CCN(c2ccc(NCc3cc(=O)oc4cc(C)c(Cl)cc34)cc2)CC1. The maximum Gasteiger partial charge on any atom is 0.336 e. The highest BCUT2D eigenvalue weighted by atomic mass is 35.5. The zero-order valence-electron chi connectivity index (χ0n) is 16.9. The lowest BCUT2D eigenvalue weighted by Gasteiger charge is -2.35. The second kappa shape index (κ2) is 8.47. The third-order valence-electron chi connectivity index (χ3n) is 5.64. The molecular weight excluding hydrogens is 386 g/mol. The minimum atomic E-state index is -0.349. The van der Waals surface area contributed by atoms with E-state index in [9.17, 15) is 4.79 Å². The van der Waals surface area contributed by atoms with Gasteiger partial charge >= 0.3 is 5.63 Å². The van der Waals surface area contributed by atoms with Crippen LogP contribution in [0.15, 0.2) is 51.7 Å². The van der Waals surface area contributed by atoms with Crippen molar-refractivity contribution < 1.29 is 4.42 Å². The lowest BCUT2D eigenvalue weighted by molar-refractivity contribution is 0.271. The molecule has 0 aliphatic carbocycles. The molecule has 0 amide bonds. The highest BCUT2D eigenvalue weighted by molar-refractivity contribution is 6.32. The second-order valence-corrected chi connectivity index (χ2v) is 7.92. The van der Waals surface area contributed by atoms with Gasteiger partial charge in [-0.2, -0.15) is 0 Å². The van der Waals surface area contributed by atoms with Gasteiger partial charge in [0.2, 0.25) is 0 Å². The fraction of sp³-hybridized carbons (Fsp3) is 0.348. The number of likely N-dealkylation sites (N-methyl/N-ethyl adjacent to an activating group) is 1. The topological polar surface area (TPSA) is 48.7 Å². The Morgan fingerprint density at radius 3 is 2.48 bits per heavy atom. The fourth-order valence-electron chi connectivity index (χ4n) is 3.80. The molecule has 0 atom stereocenters. The van der Waals surface area contributed by atoms with Gasteiger partial charge < -0.3 is 19.5 Å². The monoisotopic (exact) mass is 411 g/mol. The van der Waals surface area contributed by atoms with Crippen LogP contribution < -0.4 is 15.8 Å². The average Bonchev–Trinajstić information content (AvgIpc) is 2.74. The maximum atomic E-state index is 11.9. The van der Waals surface area contributed by atoms with Gasteiger partial charge in [0, 0.05) is 60.6 Å². The van der Waals surface area contributed by atoms with Crippen LogP contribution >= 0.6 is 11.6 Å². The molecule has 1 aromatic heterocycles. The van der Waals surface area contributed by atoms with Crippen molar-refractivity contribution in [3.63, 3.8) is 0 Å². The minimum Gasteiger partial charge on any atom is -0.423 e. The van der Waals surface area contributed by atoms with Gasteiger partial charge in [0.25, 0.3) is 0 Å². The fourth-order valence-corrected chi connectivity index (χ4v) is 3.97. The molecule has 5 nitrogen and oxygen atoms in total. The quantitative estimate of drug-likeness (QED) is 0.626. The summed E-state index contributed by atoms with van der Waals surface area (Å²) in [5.41, 5.74) is 4.25. The lowest BCUT2D eigenvalue weighted by Crippen LogP contribution is -2.46. The largest absolute Gasteiger partial charge is 0.423 e. The molecule has 0 saturated carbocycles. The van der Waals surface area contributed by atoms with Crippen LogP contribution in [0.3, 0.4) is 0 Å². The van der Waals surface area contributed by atoms with E-state index in [-0.39, 0.29) is 5.63 Å². The molecule has 1 saturated heterocycles. The Bertz CT molecular complexity index is 1050. The van der Waals surface area contributed by atoms with Crippen LogP contribution in [-0.2, 0) is 6.54 Å². The molecule has 152 valence electrons. The number of nitrogens with one attached hydrogen (secondary N) is 1. The third-order valence-corrected chi connectivity index (χ3v) is 6.05. The van der Waals surface area contributed by atoms with Gasteiger partial charge in [0.05, 0.1) is 0 Å². The van der Waals surface area contributed by atoms with Crippen LogP contribution in [0.5, 0.6) is 0 Å². The van der Waals surface area contributed by atoms with Crippen LogP contribution in [-0.4, -0.2) is 37.6 Å². The number of fused-ring (bicyclic) bond motifs is 1. The Kier molecular flexibility index (Phi) is 5.79. The summed E-state index contributed by atoms with van der Waals surface area (Å²) in [6, 6.07) is 13.7. The van der Waals surface area contributed by atoms with E-state index >= 15 is 0 Å². The van der Waals surface area contributed by atoms with E-state index in [0.29, 0.717) is 17.2 Å². The van der Waals surface area contributed by atoms with E-state index in [4.69, 9.17) is 16.0 Å². The molecular formula is C23H26ClN3O2. The summed E-state index contributed by atoms with van der Waals surface area (Å²) in [6.45, 7) is 10.1. The van der Waals surface area contributed by atoms with E-state index in [1.165, 1.54) is 11.8 Å². The molecule has 1 aliphatic heterocycles. The lowest BCUT2D eigenvalue weighted by atomic mass is 10.1. The number of halogens is 1. The van der Waals surface area contributed by atoms with Crippen molar-refractivity contribution in [2.24, 2.45) is 0 Å². The molecule has 2 aromatic carbocycles. The summed E-state index contributed by atoms with van der Waals surface area (Å²) >= 11 is 6.28. The summed E-state index contributed by atoms with van der Waals surface area (Å²) in [5.74, 6) is 0. The van der Waals surface area contributed by atoms with Crippen molar-refractivity contribution in [2.75, 3.05) is 42.9 Å². The van der Waals surface area contributed by atoms with Gasteiger partial charge in [0.1, 0.15) is 5.58 Å². The zero-order chi connectivity index (χ0) is 20.4. The molecule has 6 heteroatoms. The third kappa shape index (κ3) is 4.41. The first-order valence-corrected chi connectivity index (χ1v) is 10.5. The van der Waals surface area contributed by atoms with Gasteiger partial charge in [-0.1, -0.05) is 18.5 Å². The molecule has 0 spiro atoms. The van der Waals surface area contributed by atoms with Crippen LogP contribution in [0.4, 0.5) is 11.4 Å². The standard InChI is InChI=1S/C23H26ClN3O2/c1-3-26-8-10-27(11-9-26)19-6-4-18(5-7-19)25-15-17-13-23(28)29-22-12-16(2)21(24)14-20(17)22/h4-7,12-14,25H,3,8-11,15H2,1-2H3. The number of hydrogen-bond donors (Lipinski definition) is 1.